The van der Waals surface area contributed by atoms with E-state index in [-0.39, 0.29) is 17.9 Å². The molecule has 1 aromatic heterocycles. The molecule has 3 N–H and O–H groups in total. The van der Waals surface area contributed by atoms with Crippen molar-refractivity contribution in [2.24, 2.45) is 0 Å². The minimum absolute atomic E-state index is 0.116. The molecule has 0 unspecified atom stereocenters. The molecule has 2 amide bonds. The standard InChI is InChI=1S/C18H16FN3O2/c19-15-7-3-1-6-14(15)18(24)22-21-17(23)10-9-12-11-20-16-8-4-2-5-13(12)16/h1-8,11,20H,9-10H2,(H,21,23)(H,22,24). The number of H-pyrrole nitrogens is 1. The first-order valence-corrected chi connectivity index (χ1v) is 7.54. The number of halogens is 1. The smallest absolute Gasteiger partial charge is 0.272 e. The summed E-state index contributed by atoms with van der Waals surface area (Å²) in [6.07, 6.45) is 2.61. The number of hydrogen-bond donors (Lipinski definition) is 3. The van der Waals surface area contributed by atoms with Crippen LogP contribution in [-0.4, -0.2) is 16.8 Å². The zero-order chi connectivity index (χ0) is 16.9. The maximum atomic E-state index is 13.5. The second-order valence-corrected chi connectivity index (χ2v) is 5.34. The Kier molecular flexibility index (Phi) is 4.56. The number of nitrogens with one attached hydrogen (secondary N) is 3. The minimum atomic E-state index is -0.687. The Labute approximate surface area is 137 Å². The molecule has 0 saturated carbocycles. The number of aryl methyl sites for hydroxylation is 1. The largest absolute Gasteiger partial charge is 0.361 e. The van der Waals surface area contributed by atoms with Crippen LogP contribution < -0.4 is 10.9 Å². The molecular formula is C18H16FN3O2. The summed E-state index contributed by atoms with van der Waals surface area (Å²) in [7, 11) is 0. The first-order chi connectivity index (χ1) is 11.6. The molecule has 5 nitrogen and oxygen atoms in total. The summed E-state index contributed by atoms with van der Waals surface area (Å²) in [6, 6.07) is 13.4. The zero-order valence-electron chi connectivity index (χ0n) is 12.8. The Bertz CT molecular complexity index is 889. The fourth-order valence-corrected chi connectivity index (χ4v) is 2.49. The van der Waals surface area contributed by atoms with E-state index in [1.165, 1.54) is 18.2 Å². The van der Waals surface area contributed by atoms with Gasteiger partial charge < -0.3 is 4.98 Å². The monoisotopic (exact) mass is 325 g/mol. The summed E-state index contributed by atoms with van der Waals surface area (Å²) in [5, 5.41) is 1.07. The normalized spacial score (nSPS) is 10.5. The molecule has 0 aliphatic carbocycles. The highest BCUT2D eigenvalue weighted by Gasteiger charge is 2.12. The number of hydrazine groups is 1. The number of fused-ring (bicyclic) bond motifs is 1. The van der Waals surface area contributed by atoms with Gasteiger partial charge in [0.1, 0.15) is 5.82 Å². The molecule has 1 heterocycles. The van der Waals surface area contributed by atoms with Crippen LogP contribution in [0.4, 0.5) is 4.39 Å². The van der Waals surface area contributed by atoms with Crippen LogP contribution in [0, 0.1) is 5.82 Å². The van der Waals surface area contributed by atoms with Gasteiger partial charge in [-0.25, -0.2) is 4.39 Å². The van der Waals surface area contributed by atoms with E-state index in [4.69, 9.17) is 0 Å². The topological polar surface area (TPSA) is 74.0 Å². The Morgan fingerprint density at radius 2 is 1.75 bits per heavy atom. The third-order valence-corrected chi connectivity index (χ3v) is 3.73. The maximum Gasteiger partial charge on any atom is 0.272 e. The molecule has 0 aliphatic rings. The van der Waals surface area contributed by atoms with E-state index in [1.807, 2.05) is 30.5 Å². The summed E-state index contributed by atoms with van der Waals surface area (Å²) in [6.45, 7) is 0. The molecule has 3 rings (SSSR count). The molecule has 122 valence electrons. The molecule has 6 heteroatoms. The molecule has 24 heavy (non-hydrogen) atoms. The van der Waals surface area contributed by atoms with Crippen LogP contribution in [0.1, 0.15) is 22.3 Å². The lowest BCUT2D eigenvalue weighted by Crippen LogP contribution is -2.42. The van der Waals surface area contributed by atoms with Crippen molar-refractivity contribution in [3.63, 3.8) is 0 Å². The van der Waals surface area contributed by atoms with E-state index in [9.17, 15) is 14.0 Å². The van der Waals surface area contributed by atoms with Gasteiger partial charge in [-0.05, 0) is 30.2 Å². The van der Waals surface area contributed by atoms with Crippen LogP contribution in [0.3, 0.4) is 0 Å². The Morgan fingerprint density at radius 3 is 2.58 bits per heavy atom. The molecule has 0 saturated heterocycles. The Hall–Kier alpha value is -3.15. The van der Waals surface area contributed by atoms with Crippen molar-refractivity contribution in [3.8, 4) is 0 Å². The molecule has 0 bridgehead atoms. The quantitative estimate of drug-likeness (QED) is 0.645. The zero-order valence-corrected chi connectivity index (χ0v) is 12.8. The van der Waals surface area contributed by atoms with Gasteiger partial charge in [0.15, 0.2) is 0 Å². The van der Waals surface area contributed by atoms with Gasteiger partial charge in [0.2, 0.25) is 5.91 Å². The number of carbonyl (C=O) groups excluding carboxylic acids is 2. The molecule has 2 aromatic carbocycles. The van der Waals surface area contributed by atoms with Crippen LogP contribution in [-0.2, 0) is 11.2 Å². The van der Waals surface area contributed by atoms with Gasteiger partial charge in [-0.3, -0.25) is 20.4 Å². The molecule has 0 fully saturated rings. The number of rotatable bonds is 4. The van der Waals surface area contributed by atoms with Gasteiger partial charge in [0.05, 0.1) is 5.56 Å². The third-order valence-electron chi connectivity index (χ3n) is 3.73. The van der Waals surface area contributed by atoms with Crippen LogP contribution >= 0.6 is 0 Å². The fraction of sp³-hybridized carbons (Fsp3) is 0.111. The van der Waals surface area contributed by atoms with Gasteiger partial charge in [0, 0.05) is 23.5 Å². The average molecular weight is 325 g/mol. The van der Waals surface area contributed by atoms with Crippen molar-refractivity contribution in [1.29, 1.82) is 0 Å². The van der Waals surface area contributed by atoms with Crippen LogP contribution in [0.2, 0.25) is 0 Å². The number of aromatic amines is 1. The Morgan fingerprint density at radius 1 is 1.00 bits per heavy atom. The van der Waals surface area contributed by atoms with Gasteiger partial charge in [-0.1, -0.05) is 30.3 Å². The predicted octanol–water partition coefficient (Wildman–Crippen LogP) is 2.70. The van der Waals surface area contributed by atoms with Crippen molar-refractivity contribution >= 4 is 22.7 Å². The lowest BCUT2D eigenvalue weighted by Gasteiger charge is -2.07. The highest BCUT2D eigenvalue weighted by Crippen LogP contribution is 2.18. The summed E-state index contributed by atoms with van der Waals surface area (Å²) < 4.78 is 13.5. The molecule has 0 radical (unpaired) electrons. The summed E-state index contributed by atoms with van der Waals surface area (Å²) in [4.78, 5) is 26.8. The number of carbonyl (C=O) groups is 2. The van der Waals surface area contributed by atoms with Crippen molar-refractivity contribution in [2.45, 2.75) is 12.8 Å². The summed E-state index contributed by atoms with van der Waals surface area (Å²) >= 11 is 0. The van der Waals surface area contributed by atoms with Crippen molar-refractivity contribution in [1.82, 2.24) is 15.8 Å². The van der Waals surface area contributed by atoms with E-state index >= 15 is 0 Å². The number of hydrogen-bond acceptors (Lipinski definition) is 2. The fourth-order valence-electron chi connectivity index (χ4n) is 2.49. The van der Waals surface area contributed by atoms with Gasteiger partial charge >= 0.3 is 0 Å². The second kappa shape index (κ2) is 6.95. The third kappa shape index (κ3) is 3.43. The number of amides is 2. The number of aromatic nitrogens is 1. The van der Waals surface area contributed by atoms with Crippen LogP contribution in [0.15, 0.2) is 54.7 Å². The summed E-state index contributed by atoms with van der Waals surface area (Å²) in [5.74, 6) is -1.67. The number of para-hydroxylation sites is 1. The highest BCUT2D eigenvalue weighted by atomic mass is 19.1. The lowest BCUT2D eigenvalue weighted by atomic mass is 10.1. The molecule has 0 atom stereocenters. The van der Waals surface area contributed by atoms with E-state index in [2.05, 4.69) is 15.8 Å². The van der Waals surface area contributed by atoms with Crippen molar-refractivity contribution < 1.29 is 14.0 Å². The first kappa shape index (κ1) is 15.7. The van der Waals surface area contributed by atoms with Crippen LogP contribution in [0.5, 0.6) is 0 Å². The molecular weight excluding hydrogens is 309 g/mol. The van der Waals surface area contributed by atoms with Crippen molar-refractivity contribution in [3.05, 3.63) is 71.7 Å². The second-order valence-electron chi connectivity index (χ2n) is 5.34. The van der Waals surface area contributed by atoms with Gasteiger partial charge in [0.25, 0.3) is 5.91 Å². The van der Waals surface area contributed by atoms with E-state index in [1.54, 1.807) is 6.07 Å². The molecule has 3 aromatic rings. The first-order valence-electron chi connectivity index (χ1n) is 7.54. The predicted molar refractivity (Wildman–Crippen MR) is 88.6 cm³/mol. The summed E-state index contributed by atoms with van der Waals surface area (Å²) in [5.41, 5.74) is 6.45. The minimum Gasteiger partial charge on any atom is -0.361 e. The van der Waals surface area contributed by atoms with Crippen LogP contribution in [0.25, 0.3) is 10.9 Å². The lowest BCUT2D eigenvalue weighted by molar-refractivity contribution is -0.121. The van der Waals surface area contributed by atoms with E-state index in [0.717, 1.165) is 16.5 Å². The highest BCUT2D eigenvalue weighted by molar-refractivity contribution is 5.95. The van der Waals surface area contributed by atoms with Gasteiger partial charge in [-0.15, -0.1) is 0 Å². The van der Waals surface area contributed by atoms with E-state index < -0.39 is 11.7 Å². The Balaban J connectivity index is 1.53. The average Bonchev–Trinajstić information content (AvgIpc) is 3.01. The van der Waals surface area contributed by atoms with Crippen molar-refractivity contribution in [2.75, 3.05) is 0 Å². The van der Waals surface area contributed by atoms with E-state index in [0.29, 0.717) is 6.42 Å². The SMILES string of the molecule is O=C(CCc1c[nH]c2ccccc12)NNC(=O)c1ccccc1F. The molecule has 0 spiro atoms. The number of benzene rings is 2. The maximum absolute atomic E-state index is 13.5. The molecule has 0 aliphatic heterocycles. The van der Waals surface area contributed by atoms with Gasteiger partial charge in [-0.2, -0.15) is 0 Å².